The average molecular weight is 319 g/mol. The summed E-state index contributed by atoms with van der Waals surface area (Å²) in [4.78, 5) is 2.22. The second kappa shape index (κ2) is 6.82. The smallest absolute Gasteiger partial charge is 0.0971 e. The normalized spacial score (nSPS) is 14.4. The van der Waals surface area contributed by atoms with Crippen LogP contribution in [0.5, 0.6) is 0 Å². The van der Waals surface area contributed by atoms with Crippen molar-refractivity contribution in [3.8, 4) is 11.3 Å². The van der Waals surface area contributed by atoms with E-state index in [2.05, 4.69) is 35.1 Å². The molecule has 0 radical (unpaired) electrons. The second-order valence-electron chi connectivity index (χ2n) is 6.09. The number of fused-ring (bicyclic) bond motifs is 1. The van der Waals surface area contributed by atoms with Gasteiger partial charge in [-0.25, -0.2) is 0 Å². The molecule has 0 saturated heterocycles. The first-order valence-corrected chi connectivity index (χ1v) is 8.23. The Morgan fingerprint density at radius 1 is 1.36 bits per heavy atom. The lowest BCUT2D eigenvalue weighted by atomic mass is 10.0. The van der Waals surface area contributed by atoms with Crippen LogP contribution < -0.4 is 5.32 Å². The summed E-state index contributed by atoms with van der Waals surface area (Å²) in [5.41, 5.74) is 4.90. The monoisotopic (exact) mass is 318 g/mol. The van der Waals surface area contributed by atoms with Gasteiger partial charge < -0.3 is 10.2 Å². The zero-order chi connectivity index (χ0) is 15.5. The fraction of sp³-hybridized carbons (Fsp3) is 0.471. The molecule has 0 spiro atoms. The first-order chi connectivity index (χ1) is 10.6. The molecule has 1 aromatic carbocycles. The minimum atomic E-state index is 0.761. The minimum Gasteiger partial charge on any atom is -0.312 e. The van der Waals surface area contributed by atoms with Crippen molar-refractivity contribution in [1.29, 1.82) is 0 Å². The van der Waals surface area contributed by atoms with Crippen LogP contribution in [0.1, 0.15) is 17.7 Å². The Hall–Kier alpha value is -1.36. The van der Waals surface area contributed by atoms with E-state index in [0.717, 1.165) is 55.3 Å². The number of rotatable bonds is 5. The molecule has 0 atom stereocenters. The van der Waals surface area contributed by atoms with Crippen LogP contribution >= 0.6 is 11.6 Å². The molecule has 2 heterocycles. The van der Waals surface area contributed by atoms with Gasteiger partial charge in [0.2, 0.25) is 0 Å². The van der Waals surface area contributed by atoms with E-state index >= 15 is 0 Å². The summed E-state index contributed by atoms with van der Waals surface area (Å²) in [6, 6.07) is 7.99. The number of nitrogens with one attached hydrogen (secondary N) is 1. The van der Waals surface area contributed by atoms with Crippen LogP contribution in [0.2, 0.25) is 5.02 Å². The Bertz CT molecular complexity index is 648. The third-order valence-corrected chi connectivity index (χ3v) is 4.32. The van der Waals surface area contributed by atoms with Crippen LogP contribution in [-0.2, 0) is 19.5 Å². The molecule has 3 rings (SSSR count). The Balaban J connectivity index is 1.92. The van der Waals surface area contributed by atoms with Crippen LogP contribution in [-0.4, -0.2) is 41.9 Å². The van der Waals surface area contributed by atoms with Crippen molar-refractivity contribution in [2.75, 3.05) is 27.2 Å². The van der Waals surface area contributed by atoms with Gasteiger partial charge in [-0.3, -0.25) is 4.68 Å². The lowest BCUT2D eigenvalue weighted by Crippen LogP contribution is -2.25. The summed E-state index contributed by atoms with van der Waals surface area (Å²) >= 11 is 6.15. The van der Waals surface area contributed by atoms with Crippen LogP contribution in [0, 0.1) is 0 Å². The molecular weight excluding hydrogens is 296 g/mol. The highest BCUT2D eigenvalue weighted by Gasteiger charge is 2.21. The standard InChI is InChI=1S/C17H23ClN4/c1-21(2)9-4-10-22-16-7-8-19-12-15(16)17(20-22)13-5-3-6-14(18)11-13/h3,5-6,11,19H,4,7-10,12H2,1-2H3. The predicted molar refractivity (Wildman–Crippen MR) is 91.3 cm³/mol. The molecule has 0 bridgehead atoms. The molecule has 1 aliphatic rings. The summed E-state index contributed by atoms with van der Waals surface area (Å²) in [5.74, 6) is 0. The van der Waals surface area contributed by atoms with E-state index < -0.39 is 0 Å². The molecule has 2 aromatic rings. The van der Waals surface area contributed by atoms with Gasteiger partial charge in [0, 0.05) is 47.9 Å². The molecule has 22 heavy (non-hydrogen) atoms. The van der Waals surface area contributed by atoms with Gasteiger partial charge in [0.15, 0.2) is 0 Å². The maximum atomic E-state index is 6.15. The Morgan fingerprint density at radius 3 is 3.00 bits per heavy atom. The third-order valence-electron chi connectivity index (χ3n) is 4.08. The van der Waals surface area contributed by atoms with E-state index in [1.807, 2.05) is 18.2 Å². The molecule has 118 valence electrons. The van der Waals surface area contributed by atoms with Gasteiger partial charge in [-0.1, -0.05) is 23.7 Å². The topological polar surface area (TPSA) is 33.1 Å². The van der Waals surface area contributed by atoms with Crippen molar-refractivity contribution >= 4 is 11.6 Å². The molecule has 0 amide bonds. The number of nitrogens with zero attached hydrogens (tertiary/aromatic N) is 3. The molecule has 1 N–H and O–H groups in total. The number of aryl methyl sites for hydroxylation is 1. The van der Waals surface area contributed by atoms with E-state index in [-0.39, 0.29) is 0 Å². The van der Waals surface area contributed by atoms with Crippen LogP contribution in [0.25, 0.3) is 11.3 Å². The Labute approximate surface area is 137 Å². The van der Waals surface area contributed by atoms with E-state index in [1.54, 1.807) is 0 Å². The number of hydrogen-bond acceptors (Lipinski definition) is 3. The van der Waals surface area contributed by atoms with Gasteiger partial charge in [-0.2, -0.15) is 5.10 Å². The van der Waals surface area contributed by atoms with E-state index in [1.165, 1.54) is 11.3 Å². The van der Waals surface area contributed by atoms with Gasteiger partial charge in [-0.15, -0.1) is 0 Å². The first-order valence-electron chi connectivity index (χ1n) is 7.85. The average Bonchev–Trinajstić information content (AvgIpc) is 2.86. The van der Waals surface area contributed by atoms with E-state index in [4.69, 9.17) is 16.7 Å². The third kappa shape index (κ3) is 3.35. The molecule has 4 nitrogen and oxygen atoms in total. The van der Waals surface area contributed by atoms with Gasteiger partial charge in [-0.05, 0) is 39.2 Å². The fourth-order valence-corrected chi connectivity index (χ4v) is 3.20. The quantitative estimate of drug-likeness (QED) is 0.920. The molecule has 0 aliphatic carbocycles. The summed E-state index contributed by atoms with van der Waals surface area (Å²) in [6.07, 6.45) is 2.16. The van der Waals surface area contributed by atoms with Crippen molar-refractivity contribution in [3.63, 3.8) is 0 Å². The van der Waals surface area contributed by atoms with Gasteiger partial charge in [0.25, 0.3) is 0 Å². The summed E-state index contributed by atoms with van der Waals surface area (Å²) in [6.45, 7) is 3.98. The van der Waals surface area contributed by atoms with E-state index in [9.17, 15) is 0 Å². The van der Waals surface area contributed by atoms with Crippen molar-refractivity contribution in [2.24, 2.45) is 0 Å². The Kier molecular flexibility index (Phi) is 4.81. The number of halogens is 1. The predicted octanol–water partition coefficient (Wildman–Crippen LogP) is 2.80. The van der Waals surface area contributed by atoms with Crippen molar-refractivity contribution in [3.05, 3.63) is 40.5 Å². The fourth-order valence-electron chi connectivity index (χ4n) is 3.01. The lowest BCUT2D eigenvalue weighted by molar-refractivity contribution is 0.377. The maximum absolute atomic E-state index is 6.15. The highest BCUT2D eigenvalue weighted by atomic mass is 35.5. The molecule has 1 aliphatic heterocycles. The highest BCUT2D eigenvalue weighted by Crippen LogP contribution is 2.29. The minimum absolute atomic E-state index is 0.761. The second-order valence-corrected chi connectivity index (χ2v) is 6.53. The summed E-state index contributed by atoms with van der Waals surface area (Å²) in [7, 11) is 4.22. The highest BCUT2D eigenvalue weighted by molar-refractivity contribution is 6.30. The zero-order valence-corrected chi connectivity index (χ0v) is 14.0. The molecule has 0 unspecified atom stereocenters. The largest absolute Gasteiger partial charge is 0.312 e. The van der Waals surface area contributed by atoms with Gasteiger partial charge >= 0.3 is 0 Å². The van der Waals surface area contributed by atoms with Crippen LogP contribution in [0.3, 0.4) is 0 Å². The molecular formula is C17H23ClN4. The summed E-state index contributed by atoms with van der Waals surface area (Å²) < 4.78 is 2.20. The Morgan fingerprint density at radius 2 is 2.23 bits per heavy atom. The number of hydrogen-bond donors (Lipinski definition) is 1. The van der Waals surface area contributed by atoms with Gasteiger partial charge in [0.05, 0.1) is 5.69 Å². The summed E-state index contributed by atoms with van der Waals surface area (Å²) in [5, 5.41) is 9.12. The lowest BCUT2D eigenvalue weighted by Gasteiger charge is -2.16. The van der Waals surface area contributed by atoms with Crippen LogP contribution in [0.4, 0.5) is 0 Å². The maximum Gasteiger partial charge on any atom is 0.0971 e. The van der Waals surface area contributed by atoms with E-state index in [0.29, 0.717) is 0 Å². The van der Waals surface area contributed by atoms with Crippen molar-refractivity contribution in [1.82, 2.24) is 20.0 Å². The van der Waals surface area contributed by atoms with Crippen LogP contribution in [0.15, 0.2) is 24.3 Å². The first kappa shape index (κ1) is 15.5. The van der Waals surface area contributed by atoms with Crippen molar-refractivity contribution < 1.29 is 0 Å². The molecule has 0 saturated carbocycles. The molecule has 0 fully saturated rings. The number of benzene rings is 1. The SMILES string of the molecule is CN(C)CCCn1nc(-c2cccc(Cl)c2)c2c1CCNC2. The van der Waals surface area contributed by atoms with Crippen molar-refractivity contribution in [2.45, 2.75) is 25.9 Å². The number of aromatic nitrogens is 2. The molecule has 1 aromatic heterocycles. The zero-order valence-electron chi connectivity index (χ0n) is 13.3. The molecule has 5 heteroatoms. The van der Waals surface area contributed by atoms with Gasteiger partial charge in [0.1, 0.15) is 0 Å².